The van der Waals surface area contributed by atoms with Crippen LogP contribution in [0.2, 0.25) is 0 Å². The van der Waals surface area contributed by atoms with Crippen molar-refractivity contribution >= 4 is 23.8 Å². The van der Waals surface area contributed by atoms with Crippen molar-refractivity contribution < 1.29 is 19.2 Å². The number of hydrogen-bond acceptors (Lipinski definition) is 4. The molecule has 1 fully saturated rings. The number of carbonyl (C=O) groups excluding carboxylic acids is 4. The van der Waals surface area contributed by atoms with E-state index >= 15 is 0 Å². The topological polar surface area (TPSA) is 98.8 Å². The zero-order valence-corrected chi connectivity index (χ0v) is 17.4. The van der Waals surface area contributed by atoms with Gasteiger partial charge in [0.15, 0.2) is 0 Å². The molecule has 2 aliphatic rings. The minimum atomic E-state index is -1.10. The van der Waals surface area contributed by atoms with E-state index in [1.165, 1.54) is 11.9 Å². The molecule has 1 spiro atoms. The van der Waals surface area contributed by atoms with Crippen LogP contribution in [0.15, 0.2) is 24.3 Å². The summed E-state index contributed by atoms with van der Waals surface area (Å²) in [5.41, 5.74) is 0.329. The standard InChI is InChI=1S/C21H28N4O4/c1-20(2,3)22-16(26)12-24(4)17(27)13-25-18(28)21(23-19(25)29)11-7-9-14-8-5-6-10-15(14)21/h5-6,8,10H,7,9,11-13H2,1-4H3,(H,22,26)(H,23,29)/t21-/m1/s1. The number of aryl methyl sites for hydroxylation is 1. The van der Waals surface area contributed by atoms with Gasteiger partial charge in [-0.2, -0.15) is 0 Å². The summed E-state index contributed by atoms with van der Waals surface area (Å²) in [7, 11) is 1.48. The number of fused-ring (bicyclic) bond motifs is 2. The largest absolute Gasteiger partial charge is 0.350 e. The van der Waals surface area contributed by atoms with Crippen molar-refractivity contribution in [3.8, 4) is 0 Å². The fraction of sp³-hybridized carbons (Fsp3) is 0.524. The first-order valence-electron chi connectivity index (χ1n) is 9.81. The van der Waals surface area contributed by atoms with Gasteiger partial charge in [-0.05, 0) is 51.2 Å². The van der Waals surface area contributed by atoms with E-state index in [1.807, 2.05) is 45.0 Å². The molecule has 8 nitrogen and oxygen atoms in total. The lowest BCUT2D eigenvalue weighted by atomic mass is 9.76. The van der Waals surface area contributed by atoms with Crippen molar-refractivity contribution in [2.24, 2.45) is 0 Å². The van der Waals surface area contributed by atoms with E-state index in [2.05, 4.69) is 10.6 Å². The second-order valence-electron chi connectivity index (χ2n) is 8.79. The molecule has 0 aromatic heterocycles. The summed E-state index contributed by atoms with van der Waals surface area (Å²) >= 11 is 0. The molecule has 0 saturated carbocycles. The molecular weight excluding hydrogens is 372 g/mol. The molecule has 1 aromatic rings. The van der Waals surface area contributed by atoms with Crippen LogP contribution in [0, 0.1) is 0 Å². The Morgan fingerprint density at radius 3 is 2.62 bits per heavy atom. The van der Waals surface area contributed by atoms with Crippen LogP contribution in [0.5, 0.6) is 0 Å². The van der Waals surface area contributed by atoms with Crippen molar-refractivity contribution in [2.45, 2.75) is 51.1 Å². The second-order valence-corrected chi connectivity index (χ2v) is 8.79. The first-order valence-corrected chi connectivity index (χ1v) is 9.81. The number of imide groups is 1. The summed E-state index contributed by atoms with van der Waals surface area (Å²) in [6.45, 7) is 5.01. The Labute approximate surface area is 170 Å². The lowest BCUT2D eigenvalue weighted by Crippen LogP contribution is -2.49. The SMILES string of the molecule is CN(CC(=O)NC(C)(C)C)C(=O)CN1C(=O)N[C@@]2(CCCc3ccccc32)C1=O. The highest BCUT2D eigenvalue weighted by Gasteiger charge is 2.54. The minimum absolute atomic E-state index is 0.145. The molecule has 2 N–H and O–H groups in total. The summed E-state index contributed by atoms with van der Waals surface area (Å²) in [5, 5.41) is 5.61. The first-order chi connectivity index (χ1) is 13.5. The lowest BCUT2D eigenvalue weighted by molar-refractivity contribution is -0.140. The maximum atomic E-state index is 13.2. The van der Waals surface area contributed by atoms with Gasteiger partial charge < -0.3 is 15.5 Å². The predicted octanol–water partition coefficient (Wildman–Crippen LogP) is 1.14. The van der Waals surface area contributed by atoms with E-state index < -0.39 is 35.5 Å². The smallest absolute Gasteiger partial charge is 0.325 e. The van der Waals surface area contributed by atoms with Crippen molar-refractivity contribution in [1.29, 1.82) is 0 Å². The number of carbonyl (C=O) groups is 4. The molecule has 1 aromatic carbocycles. The highest BCUT2D eigenvalue weighted by Crippen LogP contribution is 2.39. The second kappa shape index (κ2) is 7.50. The molecule has 0 unspecified atom stereocenters. The van der Waals surface area contributed by atoms with Crippen molar-refractivity contribution in [1.82, 2.24) is 20.4 Å². The number of benzene rings is 1. The van der Waals surface area contributed by atoms with E-state index in [0.717, 1.165) is 28.9 Å². The third-order valence-corrected chi connectivity index (χ3v) is 5.27. The maximum Gasteiger partial charge on any atom is 0.325 e. The summed E-state index contributed by atoms with van der Waals surface area (Å²) < 4.78 is 0. The quantitative estimate of drug-likeness (QED) is 0.741. The van der Waals surface area contributed by atoms with Gasteiger partial charge in [-0.15, -0.1) is 0 Å². The molecule has 29 heavy (non-hydrogen) atoms. The number of urea groups is 1. The van der Waals surface area contributed by atoms with Crippen molar-refractivity contribution in [3.05, 3.63) is 35.4 Å². The zero-order chi connectivity index (χ0) is 21.4. The van der Waals surface area contributed by atoms with Crippen molar-refractivity contribution in [3.63, 3.8) is 0 Å². The number of nitrogens with zero attached hydrogens (tertiary/aromatic N) is 2. The Morgan fingerprint density at radius 2 is 1.93 bits per heavy atom. The Morgan fingerprint density at radius 1 is 1.24 bits per heavy atom. The van der Waals surface area contributed by atoms with Gasteiger partial charge in [0.25, 0.3) is 5.91 Å². The van der Waals surface area contributed by atoms with Crippen LogP contribution >= 0.6 is 0 Å². The molecule has 5 amide bonds. The third-order valence-electron chi connectivity index (χ3n) is 5.27. The Hall–Kier alpha value is -2.90. The van der Waals surface area contributed by atoms with Gasteiger partial charge >= 0.3 is 6.03 Å². The molecule has 1 saturated heterocycles. The van der Waals surface area contributed by atoms with Crippen LogP contribution < -0.4 is 10.6 Å². The number of likely N-dealkylation sites (N-methyl/N-ethyl adjacent to an activating group) is 1. The average molecular weight is 400 g/mol. The summed E-state index contributed by atoms with van der Waals surface area (Å²) in [4.78, 5) is 52.6. The van der Waals surface area contributed by atoms with E-state index in [-0.39, 0.29) is 12.5 Å². The van der Waals surface area contributed by atoms with E-state index in [4.69, 9.17) is 0 Å². The van der Waals surface area contributed by atoms with Crippen LogP contribution in [-0.4, -0.2) is 59.2 Å². The van der Waals surface area contributed by atoms with Crippen LogP contribution in [0.25, 0.3) is 0 Å². The molecule has 0 radical (unpaired) electrons. The number of amides is 5. The molecule has 156 valence electrons. The van der Waals surface area contributed by atoms with Gasteiger partial charge in [-0.25, -0.2) is 4.79 Å². The molecule has 1 aliphatic carbocycles. The molecule has 3 rings (SSSR count). The summed E-state index contributed by atoms with van der Waals surface area (Å²) in [6, 6.07) is 7.01. The molecule has 8 heteroatoms. The third kappa shape index (κ3) is 4.11. The zero-order valence-electron chi connectivity index (χ0n) is 17.4. The van der Waals surface area contributed by atoms with Crippen LogP contribution in [-0.2, 0) is 26.3 Å². The molecule has 0 bridgehead atoms. The molecule has 1 aliphatic heterocycles. The average Bonchev–Trinajstić information content (AvgIpc) is 2.85. The van der Waals surface area contributed by atoms with Gasteiger partial charge in [-0.3, -0.25) is 19.3 Å². The Bertz CT molecular complexity index is 860. The number of nitrogens with one attached hydrogen (secondary N) is 2. The van der Waals surface area contributed by atoms with Crippen LogP contribution in [0.3, 0.4) is 0 Å². The maximum absolute atomic E-state index is 13.2. The highest BCUT2D eigenvalue weighted by molar-refractivity contribution is 6.09. The van der Waals surface area contributed by atoms with Gasteiger partial charge in [0.1, 0.15) is 12.1 Å². The summed E-state index contributed by atoms with van der Waals surface area (Å²) in [5.74, 6) is -1.18. The number of hydrogen-bond donors (Lipinski definition) is 2. The summed E-state index contributed by atoms with van der Waals surface area (Å²) in [6.07, 6.45) is 2.13. The van der Waals surface area contributed by atoms with Gasteiger partial charge in [0.2, 0.25) is 11.8 Å². The fourth-order valence-corrected chi connectivity index (χ4v) is 3.97. The first kappa shape index (κ1) is 20.8. The minimum Gasteiger partial charge on any atom is -0.350 e. The van der Waals surface area contributed by atoms with E-state index in [9.17, 15) is 19.2 Å². The van der Waals surface area contributed by atoms with Gasteiger partial charge in [0.05, 0.1) is 6.54 Å². The normalized spacial score (nSPS) is 21.0. The predicted molar refractivity (Wildman–Crippen MR) is 107 cm³/mol. The van der Waals surface area contributed by atoms with Gasteiger partial charge in [-0.1, -0.05) is 24.3 Å². The highest BCUT2D eigenvalue weighted by atomic mass is 16.2. The van der Waals surface area contributed by atoms with E-state index in [1.54, 1.807) is 0 Å². The fourth-order valence-electron chi connectivity index (χ4n) is 3.97. The van der Waals surface area contributed by atoms with Crippen LogP contribution in [0.1, 0.15) is 44.7 Å². The Balaban J connectivity index is 1.71. The van der Waals surface area contributed by atoms with Crippen molar-refractivity contribution in [2.75, 3.05) is 20.1 Å². The molecule has 1 heterocycles. The number of rotatable bonds is 4. The molecular formula is C21H28N4O4. The molecule has 1 atom stereocenters. The monoisotopic (exact) mass is 400 g/mol. The van der Waals surface area contributed by atoms with Crippen LogP contribution in [0.4, 0.5) is 4.79 Å². The Kier molecular flexibility index (Phi) is 5.38. The lowest BCUT2D eigenvalue weighted by Gasteiger charge is -2.33. The van der Waals surface area contributed by atoms with Gasteiger partial charge in [0, 0.05) is 12.6 Å². The van der Waals surface area contributed by atoms with E-state index in [0.29, 0.717) is 6.42 Å².